The minimum absolute atomic E-state index is 0.121. The van der Waals surface area contributed by atoms with E-state index in [4.69, 9.17) is 0 Å². The highest BCUT2D eigenvalue weighted by molar-refractivity contribution is 6.00. The molecule has 186 valence electrons. The van der Waals surface area contributed by atoms with Crippen molar-refractivity contribution in [2.45, 2.75) is 63.5 Å². The SMILES string of the molecule is CNC(=O)c1cn(CC2(O)CCN(C(=O)C3CCC3)CC23CCCC3)c(=O)cc1-c1ccccc1. The Morgan fingerprint density at radius 2 is 1.80 bits per heavy atom. The Labute approximate surface area is 206 Å². The summed E-state index contributed by atoms with van der Waals surface area (Å²) in [5, 5.41) is 14.8. The van der Waals surface area contributed by atoms with Crippen LogP contribution in [-0.4, -0.2) is 52.1 Å². The number of nitrogens with one attached hydrogen (secondary N) is 1. The number of carbonyl (C=O) groups excluding carboxylic acids is 2. The van der Waals surface area contributed by atoms with E-state index in [1.807, 2.05) is 35.2 Å². The first kappa shape index (κ1) is 23.8. The van der Waals surface area contributed by atoms with Crippen molar-refractivity contribution in [2.75, 3.05) is 20.1 Å². The second-order valence-corrected chi connectivity index (χ2v) is 10.7. The monoisotopic (exact) mass is 477 g/mol. The summed E-state index contributed by atoms with van der Waals surface area (Å²) >= 11 is 0. The summed E-state index contributed by atoms with van der Waals surface area (Å²) in [4.78, 5) is 41.0. The van der Waals surface area contributed by atoms with E-state index in [2.05, 4.69) is 5.32 Å². The molecule has 7 heteroatoms. The van der Waals surface area contributed by atoms with Gasteiger partial charge < -0.3 is 19.9 Å². The van der Waals surface area contributed by atoms with E-state index in [0.717, 1.165) is 50.5 Å². The van der Waals surface area contributed by atoms with Crippen molar-refractivity contribution in [3.8, 4) is 11.1 Å². The Hall–Kier alpha value is -2.93. The zero-order valence-electron chi connectivity index (χ0n) is 20.5. The van der Waals surface area contributed by atoms with Gasteiger partial charge in [-0.1, -0.05) is 49.6 Å². The molecule has 35 heavy (non-hydrogen) atoms. The molecule has 5 rings (SSSR count). The molecular formula is C28H35N3O4. The maximum atomic E-state index is 13.3. The highest BCUT2D eigenvalue weighted by Crippen LogP contribution is 2.52. The molecule has 1 saturated heterocycles. The average Bonchev–Trinajstić information content (AvgIpc) is 3.31. The maximum absolute atomic E-state index is 13.3. The number of aliphatic hydroxyl groups is 1. The van der Waals surface area contributed by atoms with E-state index < -0.39 is 11.0 Å². The lowest BCUT2D eigenvalue weighted by molar-refractivity contribution is -0.165. The van der Waals surface area contributed by atoms with Crippen LogP contribution in [0.15, 0.2) is 47.4 Å². The van der Waals surface area contributed by atoms with Gasteiger partial charge in [-0.25, -0.2) is 0 Å². The minimum atomic E-state index is -1.11. The van der Waals surface area contributed by atoms with Crippen molar-refractivity contribution < 1.29 is 14.7 Å². The van der Waals surface area contributed by atoms with Gasteiger partial charge in [-0.3, -0.25) is 14.4 Å². The summed E-state index contributed by atoms with van der Waals surface area (Å²) in [6.07, 6.45) is 8.81. The Kier molecular flexibility index (Phi) is 6.30. The number of carbonyl (C=O) groups is 2. The second kappa shape index (κ2) is 9.26. The lowest BCUT2D eigenvalue weighted by atomic mass is 9.65. The highest BCUT2D eigenvalue weighted by Gasteiger charge is 2.56. The molecule has 0 bridgehead atoms. The fourth-order valence-corrected chi connectivity index (χ4v) is 6.35. The van der Waals surface area contributed by atoms with Crippen LogP contribution >= 0.6 is 0 Å². The second-order valence-electron chi connectivity index (χ2n) is 10.7. The molecule has 2 aliphatic carbocycles. The zero-order chi connectivity index (χ0) is 24.6. The Morgan fingerprint density at radius 3 is 2.43 bits per heavy atom. The standard InChI is InChI=1S/C28H35N3O4/c1-29-25(33)23-17-31(24(32)16-22(23)20-8-3-2-4-9-20)19-28(35)14-15-30(26(34)21-10-7-11-21)18-27(28)12-5-6-13-27/h2-4,8-9,16-17,21,35H,5-7,10-15,18-19H2,1H3,(H,29,33). The van der Waals surface area contributed by atoms with Crippen LogP contribution in [0.4, 0.5) is 0 Å². The fourth-order valence-electron chi connectivity index (χ4n) is 6.35. The molecule has 1 aliphatic heterocycles. The minimum Gasteiger partial charge on any atom is -0.387 e. The van der Waals surface area contributed by atoms with Crippen molar-refractivity contribution in [2.24, 2.45) is 11.3 Å². The Balaban J connectivity index is 1.48. The number of nitrogens with zero attached hydrogens (tertiary/aromatic N) is 2. The number of likely N-dealkylation sites (tertiary alicyclic amines) is 1. The normalized spacial score (nSPS) is 23.8. The van der Waals surface area contributed by atoms with Crippen LogP contribution in [0.1, 0.15) is 61.7 Å². The van der Waals surface area contributed by atoms with E-state index in [1.54, 1.807) is 13.2 Å². The fraction of sp³-hybridized carbons (Fsp3) is 0.536. The van der Waals surface area contributed by atoms with Crippen LogP contribution in [0.2, 0.25) is 0 Å². The number of benzene rings is 1. The largest absolute Gasteiger partial charge is 0.387 e. The number of hydrogen-bond acceptors (Lipinski definition) is 4. The lowest BCUT2D eigenvalue weighted by Crippen LogP contribution is -2.62. The van der Waals surface area contributed by atoms with E-state index in [0.29, 0.717) is 30.6 Å². The molecule has 1 aromatic carbocycles. The van der Waals surface area contributed by atoms with Crippen molar-refractivity contribution in [1.29, 1.82) is 0 Å². The predicted molar refractivity (Wildman–Crippen MR) is 134 cm³/mol. The molecule has 2 heterocycles. The van der Waals surface area contributed by atoms with Crippen molar-refractivity contribution in [3.63, 3.8) is 0 Å². The number of aromatic nitrogens is 1. The van der Waals surface area contributed by atoms with Gasteiger partial charge >= 0.3 is 0 Å². The van der Waals surface area contributed by atoms with Gasteiger partial charge in [-0.05, 0) is 37.7 Å². The first-order valence-corrected chi connectivity index (χ1v) is 12.9. The van der Waals surface area contributed by atoms with Crippen LogP contribution in [0.3, 0.4) is 0 Å². The van der Waals surface area contributed by atoms with Gasteiger partial charge in [0.05, 0.1) is 17.7 Å². The number of pyridine rings is 1. The predicted octanol–water partition coefficient (Wildman–Crippen LogP) is 3.20. The third-order valence-electron chi connectivity index (χ3n) is 8.72. The van der Waals surface area contributed by atoms with Crippen LogP contribution < -0.4 is 10.9 Å². The average molecular weight is 478 g/mol. The molecule has 7 nitrogen and oxygen atoms in total. The molecule has 1 atom stereocenters. The molecule has 1 aromatic heterocycles. The number of amides is 2. The summed E-state index contributed by atoms with van der Waals surface area (Å²) in [7, 11) is 1.57. The lowest BCUT2D eigenvalue weighted by Gasteiger charge is -2.53. The van der Waals surface area contributed by atoms with Crippen LogP contribution in [-0.2, 0) is 11.3 Å². The van der Waals surface area contributed by atoms with Crippen LogP contribution in [0.5, 0.6) is 0 Å². The number of hydrogen-bond donors (Lipinski definition) is 2. The van der Waals surface area contributed by atoms with Crippen LogP contribution in [0, 0.1) is 11.3 Å². The van der Waals surface area contributed by atoms with Crippen molar-refractivity contribution in [1.82, 2.24) is 14.8 Å². The van der Waals surface area contributed by atoms with Gasteiger partial charge in [0.15, 0.2) is 0 Å². The molecule has 1 spiro atoms. The molecule has 2 aromatic rings. The summed E-state index contributed by atoms with van der Waals surface area (Å²) in [6.45, 7) is 1.18. The van der Waals surface area contributed by atoms with Gasteiger partial charge in [0.1, 0.15) is 0 Å². The van der Waals surface area contributed by atoms with Gasteiger partial charge in [0.2, 0.25) is 5.91 Å². The first-order chi connectivity index (χ1) is 16.9. The molecule has 2 N–H and O–H groups in total. The summed E-state index contributed by atoms with van der Waals surface area (Å²) in [5.74, 6) is 0.0971. The quantitative estimate of drug-likeness (QED) is 0.692. The smallest absolute Gasteiger partial charge is 0.253 e. The van der Waals surface area contributed by atoms with E-state index >= 15 is 0 Å². The van der Waals surface area contributed by atoms with Crippen molar-refractivity contribution in [3.05, 3.63) is 58.5 Å². The Morgan fingerprint density at radius 1 is 1.09 bits per heavy atom. The molecule has 3 aliphatic rings. The summed E-state index contributed by atoms with van der Waals surface area (Å²) < 4.78 is 1.50. The Bertz CT molecular complexity index is 1160. The summed E-state index contributed by atoms with van der Waals surface area (Å²) in [6, 6.07) is 10.9. The molecular weight excluding hydrogens is 442 g/mol. The summed E-state index contributed by atoms with van der Waals surface area (Å²) in [5.41, 5.74) is -0.00214. The molecule has 2 amide bonds. The highest BCUT2D eigenvalue weighted by atomic mass is 16.3. The first-order valence-electron chi connectivity index (χ1n) is 12.9. The number of rotatable bonds is 5. The van der Waals surface area contributed by atoms with E-state index in [-0.39, 0.29) is 29.8 Å². The van der Waals surface area contributed by atoms with Gasteiger partial charge in [0, 0.05) is 49.3 Å². The van der Waals surface area contributed by atoms with Crippen molar-refractivity contribution >= 4 is 11.8 Å². The van der Waals surface area contributed by atoms with Gasteiger partial charge in [0.25, 0.3) is 11.5 Å². The third-order valence-corrected chi connectivity index (χ3v) is 8.72. The third kappa shape index (κ3) is 4.20. The van der Waals surface area contributed by atoms with E-state index in [1.165, 1.54) is 10.6 Å². The molecule has 2 saturated carbocycles. The number of piperidine rings is 1. The zero-order valence-corrected chi connectivity index (χ0v) is 20.5. The van der Waals surface area contributed by atoms with Crippen LogP contribution in [0.25, 0.3) is 11.1 Å². The van der Waals surface area contributed by atoms with Gasteiger partial charge in [-0.15, -0.1) is 0 Å². The molecule has 1 unspecified atom stereocenters. The topological polar surface area (TPSA) is 91.6 Å². The molecule has 3 fully saturated rings. The molecule has 0 radical (unpaired) electrons. The van der Waals surface area contributed by atoms with E-state index in [9.17, 15) is 19.5 Å². The maximum Gasteiger partial charge on any atom is 0.253 e. The van der Waals surface area contributed by atoms with Gasteiger partial charge in [-0.2, -0.15) is 0 Å².